The molecule has 0 saturated heterocycles. The molecule has 4 heteroatoms. The van der Waals surface area contributed by atoms with E-state index in [4.69, 9.17) is 9.47 Å². The predicted molar refractivity (Wildman–Crippen MR) is 97.5 cm³/mol. The van der Waals surface area contributed by atoms with Crippen LogP contribution in [0, 0.1) is 0 Å². The fourth-order valence-electron chi connectivity index (χ4n) is 2.33. The molecule has 0 aliphatic rings. The van der Waals surface area contributed by atoms with Gasteiger partial charge in [-0.2, -0.15) is 0 Å². The largest absolute Gasteiger partial charge is 0.545 e. The number of carboxylic acids is 1. The summed E-state index contributed by atoms with van der Waals surface area (Å²) in [5.41, 5.74) is 2.76. The van der Waals surface area contributed by atoms with Crippen LogP contribution in [-0.2, 0) is 4.79 Å². The molecule has 0 heterocycles. The molecule has 0 atom stereocenters. The maximum absolute atomic E-state index is 10.6. The molecule has 0 spiro atoms. The van der Waals surface area contributed by atoms with E-state index in [1.165, 1.54) is 6.08 Å². The first-order chi connectivity index (χ1) is 12.1. The molecule has 2 aromatic rings. The zero-order chi connectivity index (χ0) is 18.1. The zero-order valence-corrected chi connectivity index (χ0v) is 14.7. The lowest BCUT2D eigenvalue weighted by atomic mass is 10.0. The molecule has 0 radical (unpaired) electrons. The van der Waals surface area contributed by atoms with Crippen molar-refractivity contribution in [3.63, 3.8) is 0 Å². The van der Waals surface area contributed by atoms with Crippen LogP contribution in [0.2, 0.25) is 0 Å². The van der Waals surface area contributed by atoms with E-state index in [1.54, 1.807) is 0 Å². The van der Waals surface area contributed by atoms with Gasteiger partial charge in [0.25, 0.3) is 0 Å². The molecule has 0 fully saturated rings. The van der Waals surface area contributed by atoms with Gasteiger partial charge in [-0.25, -0.2) is 0 Å². The summed E-state index contributed by atoms with van der Waals surface area (Å²) in [4.78, 5) is 10.6. The average Bonchev–Trinajstić information content (AvgIpc) is 2.63. The smallest absolute Gasteiger partial charge is 0.161 e. The molecule has 0 aliphatic carbocycles. The molecule has 0 unspecified atom stereocenters. The first kappa shape index (κ1) is 18.6. The molecular formula is C21H23O4-. The Kier molecular flexibility index (Phi) is 7.08. The van der Waals surface area contributed by atoms with Crippen molar-refractivity contribution in [2.45, 2.75) is 26.7 Å². The predicted octanol–water partition coefficient (Wildman–Crippen LogP) is 3.69. The summed E-state index contributed by atoms with van der Waals surface area (Å²) in [5, 5.41) is 10.6. The highest BCUT2D eigenvalue weighted by Crippen LogP contribution is 2.33. The summed E-state index contributed by atoms with van der Waals surface area (Å²) in [5.74, 6) is 0.258. The summed E-state index contributed by atoms with van der Waals surface area (Å²) in [6.45, 7) is 5.39. The molecule has 0 saturated carbocycles. The Morgan fingerprint density at radius 3 is 2.32 bits per heavy atom. The first-order valence-corrected chi connectivity index (χ1v) is 8.53. The third-order valence-electron chi connectivity index (χ3n) is 3.50. The van der Waals surface area contributed by atoms with Crippen LogP contribution in [0.5, 0.6) is 11.5 Å². The van der Waals surface area contributed by atoms with Crippen molar-refractivity contribution in [1.29, 1.82) is 0 Å². The normalized spacial score (nSPS) is 10.8. The van der Waals surface area contributed by atoms with Gasteiger partial charge in [-0.1, -0.05) is 44.2 Å². The van der Waals surface area contributed by atoms with Crippen LogP contribution in [0.1, 0.15) is 32.3 Å². The number of ether oxygens (including phenoxy) is 2. The van der Waals surface area contributed by atoms with Crippen LogP contribution in [0.15, 0.2) is 48.5 Å². The number of carboxylic acid groups (broad SMARTS) is 1. The van der Waals surface area contributed by atoms with Gasteiger partial charge in [-0.3, -0.25) is 0 Å². The SMILES string of the molecule is CCCOc1ccc(-c2cccc(/C=C/C(=O)[O-])c2)cc1OCCC. The number of aliphatic carboxylic acids is 1. The number of carbonyl (C=O) groups is 1. The van der Waals surface area contributed by atoms with E-state index in [-0.39, 0.29) is 0 Å². The van der Waals surface area contributed by atoms with Crippen molar-refractivity contribution >= 4 is 12.0 Å². The van der Waals surface area contributed by atoms with E-state index in [1.807, 2.05) is 42.5 Å². The van der Waals surface area contributed by atoms with Gasteiger partial charge in [0.15, 0.2) is 11.5 Å². The van der Waals surface area contributed by atoms with Gasteiger partial charge in [0.2, 0.25) is 0 Å². The molecular weight excluding hydrogens is 316 g/mol. The van der Waals surface area contributed by atoms with Crippen LogP contribution in [0.4, 0.5) is 0 Å². The van der Waals surface area contributed by atoms with Gasteiger partial charge in [0, 0.05) is 0 Å². The van der Waals surface area contributed by atoms with Crippen molar-refractivity contribution in [1.82, 2.24) is 0 Å². The lowest BCUT2D eigenvalue weighted by Crippen LogP contribution is -2.18. The van der Waals surface area contributed by atoms with Gasteiger partial charge in [0.1, 0.15) is 0 Å². The van der Waals surface area contributed by atoms with Crippen molar-refractivity contribution in [2.75, 3.05) is 13.2 Å². The summed E-state index contributed by atoms with van der Waals surface area (Å²) >= 11 is 0. The Morgan fingerprint density at radius 1 is 0.960 bits per heavy atom. The molecule has 0 amide bonds. The monoisotopic (exact) mass is 339 g/mol. The first-order valence-electron chi connectivity index (χ1n) is 8.53. The second-order valence-corrected chi connectivity index (χ2v) is 5.64. The van der Waals surface area contributed by atoms with Crippen LogP contribution in [0.3, 0.4) is 0 Å². The highest BCUT2D eigenvalue weighted by Gasteiger charge is 2.08. The van der Waals surface area contributed by atoms with E-state index in [2.05, 4.69) is 13.8 Å². The van der Waals surface area contributed by atoms with Crippen molar-refractivity contribution in [2.24, 2.45) is 0 Å². The number of hydrogen-bond donors (Lipinski definition) is 0. The van der Waals surface area contributed by atoms with E-state index in [0.29, 0.717) is 13.2 Å². The highest BCUT2D eigenvalue weighted by atomic mass is 16.5. The zero-order valence-electron chi connectivity index (χ0n) is 14.7. The Balaban J connectivity index is 2.31. The fourth-order valence-corrected chi connectivity index (χ4v) is 2.33. The number of rotatable bonds is 9. The lowest BCUT2D eigenvalue weighted by molar-refractivity contribution is -0.297. The second kappa shape index (κ2) is 9.52. The van der Waals surface area contributed by atoms with Gasteiger partial charge < -0.3 is 19.4 Å². The Hall–Kier alpha value is -2.75. The Labute approximate surface area is 148 Å². The van der Waals surface area contributed by atoms with Crippen molar-refractivity contribution in [3.8, 4) is 22.6 Å². The van der Waals surface area contributed by atoms with Crippen LogP contribution < -0.4 is 14.6 Å². The summed E-state index contributed by atoms with van der Waals surface area (Å²) < 4.78 is 11.6. The molecule has 2 aromatic carbocycles. The standard InChI is InChI=1S/C21H24O4/c1-3-12-24-19-10-9-18(15-20(19)25-13-4-2)17-7-5-6-16(14-17)8-11-21(22)23/h5-11,14-15H,3-4,12-13H2,1-2H3,(H,22,23)/p-1/b11-8+. The van der Waals surface area contributed by atoms with E-state index < -0.39 is 5.97 Å². The molecule has 4 nitrogen and oxygen atoms in total. The van der Waals surface area contributed by atoms with E-state index in [0.717, 1.165) is 47.1 Å². The van der Waals surface area contributed by atoms with Crippen LogP contribution >= 0.6 is 0 Å². The fraction of sp³-hybridized carbons (Fsp3) is 0.286. The Morgan fingerprint density at radius 2 is 1.64 bits per heavy atom. The van der Waals surface area contributed by atoms with Crippen LogP contribution in [0.25, 0.3) is 17.2 Å². The third kappa shape index (κ3) is 5.68. The van der Waals surface area contributed by atoms with Crippen LogP contribution in [-0.4, -0.2) is 19.2 Å². The minimum atomic E-state index is -1.21. The molecule has 0 aliphatic heterocycles. The quantitative estimate of drug-likeness (QED) is 0.654. The molecule has 25 heavy (non-hydrogen) atoms. The van der Waals surface area contributed by atoms with Crippen molar-refractivity contribution < 1.29 is 19.4 Å². The van der Waals surface area contributed by atoms with E-state index in [9.17, 15) is 9.90 Å². The minimum Gasteiger partial charge on any atom is -0.545 e. The summed E-state index contributed by atoms with van der Waals surface area (Å²) in [6, 6.07) is 13.5. The molecule has 0 bridgehead atoms. The molecule has 0 aromatic heterocycles. The van der Waals surface area contributed by atoms with Gasteiger partial charge in [-0.15, -0.1) is 0 Å². The number of benzene rings is 2. The molecule has 0 N–H and O–H groups in total. The van der Waals surface area contributed by atoms with Crippen molar-refractivity contribution in [3.05, 3.63) is 54.1 Å². The van der Waals surface area contributed by atoms with Gasteiger partial charge in [-0.05, 0) is 53.8 Å². The highest BCUT2D eigenvalue weighted by molar-refractivity contribution is 5.84. The number of carbonyl (C=O) groups excluding carboxylic acids is 1. The molecule has 132 valence electrons. The topological polar surface area (TPSA) is 58.6 Å². The summed E-state index contributed by atoms with van der Waals surface area (Å²) in [7, 11) is 0. The average molecular weight is 339 g/mol. The molecule has 2 rings (SSSR count). The lowest BCUT2D eigenvalue weighted by Gasteiger charge is -2.14. The van der Waals surface area contributed by atoms with Gasteiger partial charge >= 0.3 is 0 Å². The number of hydrogen-bond acceptors (Lipinski definition) is 4. The van der Waals surface area contributed by atoms with E-state index >= 15 is 0 Å². The summed E-state index contributed by atoms with van der Waals surface area (Å²) in [6.07, 6.45) is 4.39. The Bertz CT molecular complexity index is 734. The minimum absolute atomic E-state index is 0.625. The second-order valence-electron chi connectivity index (χ2n) is 5.64. The maximum atomic E-state index is 10.6. The van der Waals surface area contributed by atoms with Gasteiger partial charge in [0.05, 0.1) is 19.2 Å². The third-order valence-corrected chi connectivity index (χ3v) is 3.50. The maximum Gasteiger partial charge on any atom is 0.161 e.